The molecule has 2 aliphatic heterocycles. The van der Waals surface area contributed by atoms with Gasteiger partial charge in [-0.05, 0) is 12.0 Å². The highest BCUT2D eigenvalue weighted by Crippen LogP contribution is 2.55. The molecule has 1 aromatic carbocycles. The maximum Gasteiger partial charge on any atom is 0.170 e. The van der Waals surface area contributed by atoms with Gasteiger partial charge in [0.1, 0.15) is 0 Å². The predicted molar refractivity (Wildman–Crippen MR) is 94.5 cm³/mol. The summed E-state index contributed by atoms with van der Waals surface area (Å²) in [4.78, 5) is 0. The fraction of sp³-hybridized carbons (Fsp3) is 0.647. The molecule has 0 bridgehead atoms. The Balaban J connectivity index is 1.59. The topological polar surface area (TPSA) is 58.9 Å². The molecule has 6 heteroatoms. The van der Waals surface area contributed by atoms with Gasteiger partial charge in [-0.2, -0.15) is 0 Å². The Morgan fingerprint density at radius 3 is 2.65 bits per heavy atom. The van der Waals surface area contributed by atoms with Gasteiger partial charge in [0.15, 0.2) is 5.79 Å². The van der Waals surface area contributed by atoms with Crippen LogP contribution in [0.3, 0.4) is 0 Å². The lowest BCUT2D eigenvalue weighted by molar-refractivity contribution is -0.267. The van der Waals surface area contributed by atoms with E-state index < -0.39 is 5.79 Å². The summed E-state index contributed by atoms with van der Waals surface area (Å²) in [6, 6.07) is 10.1. The average Bonchev–Trinajstić information content (AvgIpc) is 2.95. The largest absolute Gasteiger partial charge is 0.396 e. The van der Waals surface area contributed by atoms with Gasteiger partial charge in [-0.25, -0.2) is 0 Å². The normalized spacial score (nSPS) is 29.9. The Morgan fingerprint density at radius 1 is 1.22 bits per heavy atom. The molecule has 23 heavy (non-hydrogen) atoms. The van der Waals surface area contributed by atoms with Crippen molar-refractivity contribution in [1.82, 2.24) is 0 Å². The van der Waals surface area contributed by atoms with Crippen LogP contribution in [0.1, 0.15) is 24.8 Å². The highest BCUT2D eigenvalue weighted by molar-refractivity contribution is 8.21. The molecular weight excluding hydrogens is 332 g/mol. The Bertz CT molecular complexity index is 493. The molecule has 0 unspecified atom stereocenters. The Kier molecular flexibility index (Phi) is 5.93. The van der Waals surface area contributed by atoms with E-state index in [0.29, 0.717) is 19.6 Å². The van der Waals surface area contributed by atoms with Crippen LogP contribution in [0.15, 0.2) is 30.3 Å². The first-order valence-electron chi connectivity index (χ1n) is 8.04. The number of ether oxygens (including phenoxy) is 2. The first-order valence-corrected chi connectivity index (χ1v) is 10.0. The highest BCUT2D eigenvalue weighted by Gasteiger charge is 2.50. The predicted octanol–water partition coefficient (Wildman–Crippen LogP) is 2.63. The van der Waals surface area contributed by atoms with Crippen LogP contribution in [-0.2, 0) is 16.1 Å². The van der Waals surface area contributed by atoms with Crippen LogP contribution in [0.2, 0.25) is 0 Å². The molecule has 128 valence electrons. The van der Waals surface area contributed by atoms with Crippen LogP contribution in [0.4, 0.5) is 0 Å². The first kappa shape index (κ1) is 17.6. The third-order valence-electron chi connectivity index (χ3n) is 4.20. The number of aliphatic hydroxyl groups is 2. The number of thioether (sulfide) groups is 2. The third kappa shape index (κ3) is 4.65. The standard InChI is InChI=1S/C17H24O4S2/c18-7-6-16(19)13-17(22-8-9-23-17)10-15(21-16)12-20-11-14-4-2-1-3-5-14/h1-5,15,18-19H,6-13H2/t15-,16-/m1/s1. The zero-order valence-corrected chi connectivity index (χ0v) is 14.8. The summed E-state index contributed by atoms with van der Waals surface area (Å²) in [6.45, 7) is 0.942. The van der Waals surface area contributed by atoms with E-state index in [1.165, 1.54) is 0 Å². The van der Waals surface area contributed by atoms with Crippen LogP contribution in [0, 0.1) is 0 Å². The van der Waals surface area contributed by atoms with Crippen molar-refractivity contribution in [3.8, 4) is 0 Å². The molecule has 2 N–H and O–H groups in total. The van der Waals surface area contributed by atoms with Crippen molar-refractivity contribution in [2.75, 3.05) is 24.7 Å². The van der Waals surface area contributed by atoms with Gasteiger partial charge in [0.05, 0.1) is 23.4 Å². The second-order valence-electron chi connectivity index (χ2n) is 6.15. The van der Waals surface area contributed by atoms with E-state index in [0.717, 1.165) is 23.5 Å². The van der Waals surface area contributed by atoms with Gasteiger partial charge >= 0.3 is 0 Å². The quantitative estimate of drug-likeness (QED) is 0.817. The van der Waals surface area contributed by atoms with Crippen molar-refractivity contribution in [1.29, 1.82) is 0 Å². The zero-order valence-electron chi connectivity index (χ0n) is 13.1. The van der Waals surface area contributed by atoms with Crippen LogP contribution >= 0.6 is 23.5 Å². The fourth-order valence-corrected chi connectivity index (χ4v) is 6.75. The van der Waals surface area contributed by atoms with E-state index in [1.54, 1.807) is 0 Å². The van der Waals surface area contributed by atoms with Crippen molar-refractivity contribution in [2.24, 2.45) is 0 Å². The number of hydrogen-bond donors (Lipinski definition) is 2. The van der Waals surface area contributed by atoms with Crippen molar-refractivity contribution in [2.45, 2.75) is 41.8 Å². The molecule has 0 amide bonds. The summed E-state index contributed by atoms with van der Waals surface area (Å²) in [5.74, 6) is 0.979. The SMILES string of the molecule is OCC[C@]1(O)CC2(C[C@H](COCc3ccccc3)O1)SCCS2. The van der Waals surface area contributed by atoms with Crippen molar-refractivity contribution < 1.29 is 19.7 Å². The summed E-state index contributed by atoms with van der Waals surface area (Å²) in [5.41, 5.74) is 1.13. The molecule has 0 saturated carbocycles. The van der Waals surface area contributed by atoms with E-state index in [4.69, 9.17) is 9.47 Å². The molecule has 0 aliphatic carbocycles. The molecule has 3 rings (SSSR count). The van der Waals surface area contributed by atoms with Gasteiger partial charge in [-0.3, -0.25) is 0 Å². The van der Waals surface area contributed by atoms with Gasteiger partial charge in [-0.15, -0.1) is 23.5 Å². The smallest absolute Gasteiger partial charge is 0.170 e. The summed E-state index contributed by atoms with van der Waals surface area (Å²) in [7, 11) is 0. The second kappa shape index (κ2) is 7.76. The molecule has 1 spiro atoms. The monoisotopic (exact) mass is 356 g/mol. The molecule has 2 aliphatic rings. The number of hydrogen-bond acceptors (Lipinski definition) is 6. The summed E-state index contributed by atoms with van der Waals surface area (Å²) < 4.78 is 11.7. The fourth-order valence-electron chi connectivity index (χ4n) is 3.25. The van der Waals surface area contributed by atoms with Crippen molar-refractivity contribution in [3.05, 3.63) is 35.9 Å². The zero-order chi connectivity index (χ0) is 16.2. The second-order valence-corrected chi connectivity index (χ2v) is 9.36. The summed E-state index contributed by atoms with van der Waals surface area (Å²) in [6.07, 6.45) is 1.57. The van der Waals surface area contributed by atoms with Crippen LogP contribution in [-0.4, -0.2) is 50.9 Å². The molecule has 2 saturated heterocycles. The number of rotatable bonds is 6. The number of benzene rings is 1. The van der Waals surface area contributed by atoms with E-state index in [9.17, 15) is 10.2 Å². The van der Waals surface area contributed by atoms with Gasteiger partial charge in [0.25, 0.3) is 0 Å². The minimum atomic E-state index is -1.24. The summed E-state index contributed by atoms with van der Waals surface area (Å²) >= 11 is 3.83. The molecule has 4 nitrogen and oxygen atoms in total. The van der Waals surface area contributed by atoms with Gasteiger partial charge in [0.2, 0.25) is 0 Å². The maximum atomic E-state index is 10.7. The Labute approximate surface area is 145 Å². The first-order chi connectivity index (χ1) is 11.1. The van der Waals surface area contributed by atoms with Crippen LogP contribution in [0.25, 0.3) is 0 Å². The molecule has 0 radical (unpaired) electrons. The summed E-state index contributed by atoms with van der Waals surface area (Å²) in [5, 5.41) is 20.0. The minimum absolute atomic E-state index is 0.00292. The molecule has 1 aromatic rings. The van der Waals surface area contributed by atoms with E-state index >= 15 is 0 Å². The Hall–Kier alpha value is -0.240. The van der Waals surface area contributed by atoms with E-state index in [1.807, 2.05) is 53.9 Å². The molecule has 0 aromatic heterocycles. The van der Waals surface area contributed by atoms with E-state index in [2.05, 4.69) is 0 Å². The van der Waals surface area contributed by atoms with Gasteiger partial charge < -0.3 is 19.7 Å². The van der Waals surface area contributed by atoms with Gasteiger partial charge in [0, 0.05) is 31.0 Å². The lowest BCUT2D eigenvalue weighted by Gasteiger charge is -2.45. The maximum absolute atomic E-state index is 10.7. The van der Waals surface area contributed by atoms with E-state index in [-0.39, 0.29) is 23.2 Å². The Morgan fingerprint density at radius 2 is 1.96 bits per heavy atom. The molecule has 2 atom stereocenters. The van der Waals surface area contributed by atoms with Crippen molar-refractivity contribution in [3.63, 3.8) is 0 Å². The average molecular weight is 357 g/mol. The minimum Gasteiger partial charge on any atom is -0.396 e. The lowest BCUT2D eigenvalue weighted by Crippen LogP contribution is -2.51. The third-order valence-corrected chi connectivity index (χ3v) is 7.66. The van der Waals surface area contributed by atoms with Crippen LogP contribution < -0.4 is 0 Å². The number of aliphatic hydroxyl groups excluding tert-OH is 1. The molecule has 2 fully saturated rings. The van der Waals surface area contributed by atoms with Gasteiger partial charge in [-0.1, -0.05) is 30.3 Å². The molecule has 2 heterocycles. The lowest BCUT2D eigenvalue weighted by atomic mass is 9.98. The highest BCUT2D eigenvalue weighted by atomic mass is 32.2. The van der Waals surface area contributed by atoms with Crippen LogP contribution in [0.5, 0.6) is 0 Å². The van der Waals surface area contributed by atoms with Crippen molar-refractivity contribution >= 4 is 23.5 Å². The molecular formula is C17H24O4S2.